The minimum Gasteiger partial charge on any atom is -0.422 e. The molecule has 0 spiro atoms. The van der Waals surface area contributed by atoms with Gasteiger partial charge in [0.2, 0.25) is 0 Å². The molecule has 0 saturated heterocycles. The standard InChI is InChI=1S/C18H10Cl2O3/c19-13-7-5-11(15(20)10-13)6-8-16(21)14-9-12-3-1-2-4-17(12)23-18(14)22/h1-10H/b8-6+. The van der Waals surface area contributed by atoms with Gasteiger partial charge in [-0.25, -0.2) is 4.79 Å². The average molecular weight is 345 g/mol. The van der Waals surface area contributed by atoms with Gasteiger partial charge in [-0.2, -0.15) is 0 Å². The lowest BCUT2D eigenvalue weighted by Gasteiger charge is -2.00. The van der Waals surface area contributed by atoms with Gasteiger partial charge in [0, 0.05) is 15.4 Å². The summed E-state index contributed by atoms with van der Waals surface area (Å²) in [6.45, 7) is 0. The predicted octanol–water partition coefficient (Wildman–Crippen LogP) is 5.00. The molecule has 0 unspecified atom stereocenters. The van der Waals surface area contributed by atoms with E-state index in [0.717, 1.165) is 0 Å². The number of halogens is 2. The van der Waals surface area contributed by atoms with Gasteiger partial charge in [-0.3, -0.25) is 4.79 Å². The maximum absolute atomic E-state index is 12.2. The highest BCUT2D eigenvalue weighted by atomic mass is 35.5. The first-order chi connectivity index (χ1) is 11.0. The maximum atomic E-state index is 12.2. The fourth-order valence-electron chi connectivity index (χ4n) is 2.13. The zero-order valence-electron chi connectivity index (χ0n) is 11.8. The summed E-state index contributed by atoms with van der Waals surface area (Å²) in [6, 6.07) is 13.5. The lowest BCUT2D eigenvalue weighted by Crippen LogP contribution is -2.11. The van der Waals surface area contributed by atoms with Crippen molar-refractivity contribution >= 4 is 46.0 Å². The Morgan fingerprint density at radius 3 is 2.61 bits per heavy atom. The molecule has 3 nitrogen and oxygen atoms in total. The maximum Gasteiger partial charge on any atom is 0.347 e. The molecule has 1 aromatic heterocycles. The first-order valence-electron chi connectivity index (χ1n) is 6.75. The molecule has 0 aliphatic rings. The molecule has 3 rings (SSSR count). The van der Waals surface area contributed by atoms with Crippen LogP contribution in [0.4, 0.5) is 0 Å². The van der Waals surface area contributed by atoms with Crippen molar-refractivity contribution in [2.24, 2.45) is 0 Å². The van der Waals surface area contributed by atoms with Gasteiger partial charge >= 0.3 is 5.63 Å². The first kappa shape index (κ1) is 15.5. The number of hydrogen-bond donors (Lipinski definition) is 0. The monoisotopic (exact) mass is 344 g/mol. The Hall–Kier alpha value is -2.36. The van der Waals surface area contributed by atoms with E-state index in [4.69, 9.17) is 27.6 Å². The SMILES string of the molecule is O=C(/C=C/c1ccc(Cl)cc1Cl)c1cc2ccccc2oc1=O. The third-order valence-electron chi connectivity index (χ3n) is 3.28. The summed E-state index contributed by atoms with van der Waals surface area (Å²) in [6.07, 6.45) is 2.83. The average Bonchev–Trinajstić information content (AvgIpc) is 2.53. The lowest BCUT2D eigenvalue weighted by atomic mass is 10.1. The zero-order chi connectivity index (χ0) is 16.4. The van der Waals surface area contributed by atoms with E-state index in [2.05, 4.69) is 0 Å². The number of rotatable bonds is 3. The minimum atomic E-state index is -0.666. The first-order valence-corrected chi connectivity index (χ1v) is 7.50. The van der Waals surface area contributed by atoms with Crippen LogP contribution in [-0.2, 0) is 0 Å². The van der Waals surface area contributed by atoms with E-state index in [-0.39, 0.29) is 5.56 Å². The Labute approximate surface area is 141 Å². The molecule has 2 aromatic carbocycles. The van der Waals surface area contributed by atoms with Gasteiger partial charge in [0.1, 0.15) is 11.1 Å². The number of carbonyl (C=O) groups is 1. The molecule has 23 heavy (non-hydrogen) atoms. The smallest absolute Gasteiger partial charge is 0.347 e. The van der Waals surface area contributed by atoms with Gasteiger partial charge in [0.05, 0.1) is 0 Å². The van der Waals surface area contributed by atoms with Gasteiger partial charge in [-0.15, -0.1) is 0 Å². The van der Waals surface area contributed by atoms with E-state index in [1.54, 1.807) is 42.5 Å². The third-order valence-corrected chi connectivity index (χ3v) is 3.85. The molecule has 0 aliphatic heterocycles. The summed E-state index contributed by atoms with van der Waals surface area (Å²) in [5, 5.41) is 1.62. The molecule has 5 heteroatoms. The molecular weight excluding hydrogens is 335 g/mol. The van der Waals surface area contributed by atoms with Crippen LogP contribution in [-0.4, -0.2) is 5.78 Å². The molecule has 114 valence electrons. The number of fused-ring (bicyclic) bond motifs is 1. The van der Waals surface area contributed by atoms with Crippen molar-refractivity contribution in [3.05, 3.63) is 86.2 Å². The van der Waals surface area contributed by atoms with E-state index in [1.165, 1.54) is 18.2 Å². The number of carbonyl (C=O) groups excluding carboxylic acids is 1. The number of allylic oxidation sites excluding steroid dienone is 1. The Morgan fingerprint density at radius 1 is 1.04 bits per heavy atom. The van der Waals surface area contributed by atoms with Gasteiger partial charge in [-0.05, 0) is 42.0 Å². The van der Waals surface area contributed by atoms with Gasteiger partial charge in [0.25, 0.3) is 0 Å². The van der Waals surface area contributed by atoms with Crippen LogP contribution in [0.15, 0.2) is 63.8 Å². The number of ketones is 1. The number of hydrogen-bond acceptors (Lipinski definition) is 3. The summed E-state index contributed by atoms with van der Waals surface area (Å²) in [4.78, 5) is 24.2. The fraction of sp³-hybridized carbons (Fsp3) is 0. The molecule has 0 saturated carbocycles. The van der Waals surface area contributed by atoms with Crippen molar-refractivity contribution in [2.45, 2.75) is 0 Å². The van der Waals surface area contributed by atoms with E-state index in [0.29, 0.717) is 26.6 Å². The van der Waals surface area contributed by atoms with Crippen LogP contribution in [0.2, 0.25) is 10.0 Å². The molecule has 0 radical (unpaired) electrons. The summed E-state index contributed by atoms with van der Waals surface area (Å²) in [5.74, 6) is -0.449. The van der Waals surface area contributed by atoms with Crippen LogP contribution in [0.25, 0.3) is 17.0 Å². The number of para-hydroxylation sites is 1. The van der Waals surface area contributed by atoms with Crippen molar-refractivity contribution in [2.75, 3.05) is 0 Å². The second-order valence-corrected chi connectivity index (χ2v) is 5.69. The van der Waals surface area contributed by atoms with Crippen molar-refractivity contribution in [1.82, 2.24) is 0 Å². The van der Waals surface area contributed by atoms with Gasteiger partial charge < -0.3 is 4.42 Å². The highest BCUT2D eigenvalue weighted by molar-refractivity contribution is 6.35. The molecule has 0 aliphatic carbocycles. The molecule has 1 heterocycles. The van der Waals surface area contributed by atoms with Crippen LogP contribution in [0.1, 0.15) is 15.9 Å². The molecule has 0 N–H and O–H groups in total. The highest BCUT2D eigenvalue weighted by Gasteiger charge is 2.11. The Bertz CT molecular complexity index is 987. The van der Waals surface area contributed by atoms with Crippen molar-refractivity contribution in [1.29, 1.82) is 0 Å². The molecule has 0 fully saturated rings. The van der Waals surface area contributed by atoms with E-state index >= 15 is 0 Å². The van der Waals surface area contributed by atoms with E-state index in [1.807, 2.05) is 0 Å². The topological polar surface area (TPSA) is 47.3 Å². The second-order valence-electron chi connectivity index (χ2n) is 4.85. The van der Waals surface area contributed by atoms with Crippen LogP contribution in [0.5, 0.6) is 0 Å². The third kappa shape index (κ3) is 3.36. The zero-order valence-corrected chi connectivity index (χ0v) is 13.3. The summed E-state index contributed by atoms with van der Waals surface area (Å²) >= 11 is 11.9. The fourth-order valence-corrected chi connectivity index (χ4v) is 2.60. The Kier molecular flexibility index (Phi) is 4.33. The van der Waals surface area contributed by atoms with Crippen LogP contribution in [0.3, 0.4) is 0 Å². The normalized spacial score (nSPS) is 11.2. The van der Waals surface area contributed by atoms with E-state index < -0.39 is 11.4 Å². The Morgan fingerprint density at radius 2 is 1.83 bits per heavy atom. The molecule has 3 aromatic rings. The number of benzene rings is 2. The quantitative estimate of drug-likeness (QED) is 0.381. The summed E-state index contributed by atoms with van der Waals surface area (Å²) < 4.78 is 5.15. The second kappa shape index (κ2) is 6.41. The van der Waals surface area contributed by atoms with Crippen LogP contribution in [0, 0.1) is 0 Å². The van der Waals surface area contributed by atoms with Crippen molar-refractivity contribution in [3.63, 3.8) is 0 Å². The minimum absolute atomic E-state index is 0.0231. The van der Waals surface area contributed by atoms with Gasteiger partial charge in [-0.1, -0.05) is 47.5 Å². The largest absolute Gasteiger partial charge is 0.422 e. The van der Waals surface area contributed by atoms with Crippen molar-refractivity contribution in [3.8, 4) is 0 Å². The predicted molar refractivity (Wildman–Crippen MR) is 92.3 cm³/mol. The molecule has 0 bridgehead atoms. The van der Waals surface area contributed by atoms with Crippen LogP contribution < -0.4 is 5.63 Å². The molecule has 0 atom stereocenters. The van der Waals surface area contributed by atoms with E-state index in [9.17, 15) is 9.59 Å². The Balaban J connectivity index is 1.95. The molecular formula is C18H10Cl2O3. The summed E-state index contributed by atoms with van der Waals surface area (Å²) in [7, 11) is 0. The van der Waals surface area contributed by atoms with Gasteiger partial charge in [0.15, 0.2) is 5.78 Å². The lowest BCUT2D eigenvalue weighted by molar-refractivity contribution is 0.104. The summed E-state index contributed by atoms with van der Waals surface area (Å²) in [5.41, 5.74) is 0.388. The van der Waals surface area contributed by atoms with Crippen LogP contribution >= 0.6 is 23.2 Å². The highest BCUT2D eigenvalue weighted by Crippen LogP contribution is 2.22. The molecule has 0 amide bonds. The van der Waals surface area contributed by atoms with Crippen molar-refractivity contribution < 1.29 is 9.21 Å².